The van der Waals surface area contributed by atoms with E-state index in [1.807, 2.05) is 0 Å². The van der Waals surface area contributed by atoms with Gasteiger partial charge >= 0.3 is 0 Å². The van der Waals surface area contributed by atoms with Crippen LogP contribution in [0.5, 0.6) is 0 Å². The molecule has 0 bridgehead atoms. The van der Waals surface area contributed by atoms with Gasteiger partial charge in [-0.3, -0.25) is 0 Å². The molecule has 0 heterocycles. The molecule has 0 atom stereocenters. The second kappa shape index (κ2) is 4.08. The van der Waals surface area contributed by atoms with Crippen LogP contribution in [0.25, 0.3) is 0 Å². The Labute approximate surface area is 79.2 Å². The van der Waals surface area contributed by atoms with Crippen molar-refractivity contribution in [3.05, 3.63) is 21.9 Å². The van der Waals surface area contributed by atoms with Crippen LogP contribution >= 0.6 is 0 Å². The lowest BCUT2D eigenvalue weighted by Crippen LogP contribution is -1.87. The molecule has 12 heavy (non-hydrogen) atoms. The molecule has 1 rings (SSSR count). The first-order valence-corrected chi connectivity index (χ1v) is 6.14. The van der Waals surface area contributed by atoms with E-state index in [1.54, 1.807) is 21.9 Å². The van der Waals surface area contributed by atoms with Gasteiger partial charge in [-0.2, -0.15) is 0 Å². The van der Waals surface area contributed by atoms with Crippen molar-refractivity contribution in [1.29, 1.82) is 0 Å². The Balaban J connectivity index is 2.94. The van der Waals surface area contributed by atoms with Gasteiger partial charge < -0.3 is 0 Å². The third-order valence-corrected chi connectivity index (χ3v) is 3.88. The highest BCUT2D eigenvalue weighted by Crippen LogP contribution is 2.35. The fourth-order valence-electron chi connectivity index (χ4n) is 2.32. The molecule has 0 aliphatic heterocycles. The molecule has 0 spiro atoms. The summed E-state index contributed by atoms with van der Waals surface area (Å²) >= 11 is 0. The Bertz CT molecular complexity index is 233. The summed E-state index contributed by atoms with van der Waals surface area (Å²) in [5, 5.41) is 1.76. The Hall–Kier alpha value is -0.303. The van der Waals surface area contributed by atoms with E-state index in [4.69, 9.17) is 0 Å². The fraction of sp³-hybridized carbons (Fsp3) is 0.636. The summed E-state index contributed by atoms with van der Waals surface area (Å²) < 4.78 is 0. The lowest BCUT2D eigenvalue weighted by atomic mass is 10.0. The maximum absolute atomic E-state index is 2.29. The van der Waals surface area contributed by atoms with E-state index in [-0.39, 0.29) is 0 Å². The quantitative estimate of drug-likeness (QED) is 0.586. The van der Waals surface area contributed by atoms with Crippen molar-refractivity contribution < 1.29 is 0 Å². The summed E-state index contributed by atoms with van der Waals surface area (Å²) in [5.41, 5.74) is 5.13. The topological polar surface area (TPSA) is 0 Å². The number of hydrogen-bond acceptors (Lipinski definition) is 0. The molecular formula is C11H20Si. The lowest BCUT2D eigenvalue weighted by molar-refractivity contribution is 0.973. The maximum atomic E-state index is 2.29. The molecule has 0 saturated carbocycles. The molecule has 0 unspecified atom stereocenters. The number of hydrogen-bond donors (Lipinski definition) is 0. The molecule has 1 aliphatic carbocycles. The fourth-order valence-corrected chi connectivity index (χ4v) is 3.40. The molecule has 68 valence electrons. The van der Waals surface area contributed by atoms with Crippen LogP contribution in [0.4, 0.5) is 0 Å². The maximum Gasteiger partial charge on any atom is 0.0341 e. The van der Waals surface area contributed by atoms with Crippen molar-refractivity contribution in [1.82, 2.24) is 0 Å². The van der Waals surface area contributed by atoms with Crippen molar-refractivity contribution in [3.8, 4) is 0 Å². The molecule has 0 N–H and O–H groups in total. The second-order valence-corrected chi connectivity index (χ2v) is 4.79. The summed E-state index contributed by atoms with van der Waals surface area (Å²) in [4.78, 5) is 0. The van der Waals surface area contributed by atoms with Gasteiger partial charge in [0.15, 0.2) is 0 Å². The minimum absolute atomic E-state index is 1.25. The first-order chi connectivity index (χ1) is 5.74. The van der Waals surface area contributed by atoms with Crippen LogP contribution in [0.15, 0.2) is 21.9 Å². The number of rotatable bonds is 3. The Morgan fingerprint density at radius 2 is 1.58 bits per heavy atom. The first-order valence-electron chi connectivity index (χ1n) is 5.14. The van der Waals surface area contributed by atoms with Crippen molar-refractivity contribution in [3.63, 3.8) is 0 Å². The molecule has 0 aromatic rings. The van der Waals surface area contributed by atoms with Crippen LogP contribution in [0.3, 0.4) is 0 Å². The van der Waals surface area contributed by atoms with Crippen LogP contribution in [0.1, 0.15) is 46.5 Å². The van der Waals surface area contributed by atoms with Crippen LogP contribution in [-0.2, 0) is 0 Å². The van der Waals surface area contributed by atoms with E-state index in [9.17, 15) is 0 Å². The molecule has 0 saturated heterocycles. The lowest BCUT2D eigenvalue weighted by Gasteiger charge is -2.06. The molecule has 0 aromatic carbocycles. The van der Waals surface area contributed by atoms with Gasteiger partial charge in [-0.05, 0) is 31.3 Å². The molecule has 0 fully saturated rings. The smallest absolute Gasteiger partial charge is 0.0341 e. The summed E-state index contributed by atoms with van der Waals surface area (Å²) in [6.07, 6.45) is 5.08. The SMILES string of the molecule is CCC1=C(CC)C(CC)=C([SiH3])C1. The third kappa shape index (κ3) is 1.56. The standard InChI is InChI=1S/C11H20Si/c1-4-8-7-11(12)10(6-3)9(8)5-2/h4-7H2,1-3,12H3. The Morgan fingerprint density at radius 1 is 1.00 bits per heavy atom. The van der Waals surface area contributed by atoms with Gasteiger partial charge in [0, 0.05) is 10.2 Å². The molecular weight excluding hydrogens is 160 g/mol. The second-order valence-electron chi connectivity index (χ2n) is 3.58. The zero-order chi connectivity index (χ0) is 9.14. The van der Waals surface area contributed by atoms with Gasteiger partial charge in [0.2, 0.25) is 0 Å². The molecule has 1 heteroatoms. The highest BCUT2D eigenvalue weighted by Gasteiger charge is 2.17. The zero-order valence-electron chi connectivity index (χ0n) is 8.83. The zero-order valence-corrected chi connectivity index (χ0v) is 10.8. The van der Waals surface area contributed by atoms with E-state index in [1.165, 1.54) is 35.9 Å². The van der Waals surface area contributed by atoms with Gasteiger partial charge in [-0.15, -0.1) is 0 Å². The van der Waals surface area contributed by atoms with Crippen LogP contribution < -0.4 is 0 Å². The third-order valence-electron chi connectivity index (χ3n) is 2.92. The van der Waals surface area contributed by atoms with Crippen LogP contribution in [0.2, 0.25) is 0 Å². The van der Waals surface area contributed by atoms with Crippen molar-refractivity contribution in [2.75, 3.05) is 0 Å². The van der Waals surface area contributed by atoms with E-state index in [0.717, 1.165) is 0 Å². The molecule has 0 radical (unpaired) electrons. The minimum Gasteiger partial charge on any atom is -0.0844 e. The molecule has 0 amide bonds. The predicted molar refractivity (Wildman–Crippen MR) is 59.5 cm³/mol. The Morgan fingerprint density at radius 3 is 2.00 bits per heavy atom. The van der Waals surface area contributed by atoms with Gasteiger partial charge in [-0.25, -0.2) is 0 Å². The van der Waals surface area contributed by atoms with Crippen molar-refractivity contribution in [2.24, 2.45) is 0 Å². The van der Waals surface area contributed by atoms with E-state index in [0.29, 0.717) is 0 Å². The monoisotopic (exact) mass is 180 g/mol. The van der Waals surface area contributed by atoms with Crippen molar-refractivity contribution in [2.45, 2.75) is 46.5 Å². The normalized spacial score (nSPS) is 18.2. The average molecular weight is 180 g/mol. The Kier molecular flexibility index (Phi) is 3.33. The van der Waals surface area contributed by atoms with E-state index >= 15 is 0 Å². The van der Waals surface area contributed by atoms with Crippen LogP contribution in [-0.4, -0.2) is 10.2 Å². The van der Waals surface area contributed by atoms with E-state index in [2.05, 4.69) is 20.8 Å². The minimum atomic E-state index is 1.25. The summed E-state index contributed by atoms with van der Waals surface area (Å²) in [6, 6.07) is 0. The van der Waals surface area contributed by atoms with Gasteiger partial charge in [0.25, 0.3) is 0 Å². The number of allylic oxidation sites excluding steroid dienone is 4. The summed E-state index contributed by atoms with van der Waals surface area (Å²) in [5.74, 6) is 0. The highest BCUT2D eigenvalue weighted by molar-refractivity contribution is 6.23. The summed E-state index contributed by atoms with van der Waals surface area (Å²) in [6.45, 7) is 6.88. The van der Waals surface area contributed by atoms with Gasteiger partial charge in [0.1, 0.15) is 0 Å². The predicted octanol–water partition coefficient (Wildman–Crippen LogP) is 2.54. The van der Waals surface area contributed by atoms with Crippen LogP contribution in [0, 0.1) is 0 Å². The van der Waals surface area contributed by atoms with Crippen molar-refractivity contribution >= 4 is 10.2 Å². The largest absolute Gasteiger partial charge is 0.0844 e. The molecule has 0 aromatic heterocycles. The van der Waals surface area contributed by atoms with Gasteiger partial charge in [0.05, 0.1) is 0 Å². The molecule has 0 nitrogen and oxygen atoms in total. The summed E-state index contributed by atoms with van der Waals surface area (Å²) in [7, 11) is 1.27. The first kappa shape index (κ1) is 9.78. The highest BCUT2D eigenvalue weighted by atomic mass is 28.1. The van der Waals surface area contributed by atoms with E-state index < -0.39 is 0 Å². The molecule has 1 aliphatic rings. The van der Waals surface area contributed by atoms with Gasteiger partial charge in [-0.1, -0.05) is 37.1 Å². The average Bonchev–Trinajstić information content (AvgIpc) is 2.40.